The molecule has 5 rings (SSSR count). The number of nitrogens with zero attached hydrogens (tertiary/aromatic N) is 5. The van der Waals surface area contributed by atoms with Gasteiger partial charge in [-0.1, -0.05) is 6.07 Å². The van der Waals surface area contributed by atoms with Crippen LogP contribution in [-0.4, -0.2) is 39.6 Å². The lowest BCUT2D eigenvalue weighted by Crippen LogP contribution is -2.24. The molecule has 3 heterocycles. The minimum absolute atomic E-state index is 0.337. The molecule has 0 aliphatic rings. The van der Waals surface area contributed by atoms with E-state index in [9.17, 15) is 10.1 Å². The summed E-state index contributed by atoms with van der Waals surface area (Å²) in [5.74, 6) is 0.648. The predicted molar refractivity (Wildman–Crippen MR) is 139 cm³/mol. The molecule has 0 spiro atoms. The Morgan fingerprint density at radius 1 is 1.23 bits per heavy atom. The van der Waals surface area contributed by atoms with Gasteiger partial charge in [-0.25, -0.2) is 4.98 Å². The number of benzene rings is 2. The van der Waals surface area contributed by atoms with Crippen LogP contribution in [0, 0.1) is 11.3 Å². The second-order valence-corrected chi connectivity index (χ2v) is 7.96. The van der Waals surface area contributed by atoms with Gasteiger partial charge in [-0.15, -0.1) is 0 Å². The zero-order valence-electron chi connectivity index (χ0n) is 19.2. The average molecular weight is 463 g/mol. The van der Waals surface area contributed by atoms with Crippen molar-refractivity contribution in [2.45, 2.75) is 6.92 Å². The number of aliphatic imine (C=N–C) groups is 1. The van der Waals surface area contributed by atoms with Crippen LogP contribution in [0.15, 0.2) is 64.5 Å². The number of aromatic nitrogens is 4. The second kappa shape index (κ2) is 8.76. The lowest BCUT2D eigenvalue weighted by Gasteiger charge is -2.13. The van der Waals surface area contributed by atoms with Crippen molar-refractivity contribution >= 4 is 39.7 Å². The topological polar surface area (TPSA) is 138 Å². The fourth-order valence-electron chi connectivity index (χ4n) is 4.10. The molecule has 0 saturated carbocycles. The number of nitrogen functional groups attached to an aromatic ring is 1. The lowest BCUT2D eigenvalue weighted by atomic mass is 10.0. The third kappa shape index (κ3) is 3.77. The molecule has 0 bridgehead atoms. The SMILES string of the molecule is CCNc1ccc2nn(-c3ccc(N)c(C=NC)c3)c(=O)c(-c3ccc4[nH]cc(C#N)c4c3)c2n1. The fraction of sp³-hybridized carbons (Fsp3) is 0.115. The molecule has 172 valence electrons. The highest BCUT2D eigenvalue weighted by molar-refractivity contribution is 5.96. The van der Waals surface area contributed by atoms with Crippen LogP contribution in [0.5, 0.6) is 0 Å². The van der Waals surface area contributed by atoms with Gasteiger partial charge in [0.15, 0.2) is 0 Å². The number of nitrogens with one attached hydrogen (secondary N) is 2. The Kier molecular flexibility index (Phi) is 5.47. The standard InChI is InChI=1S/C26H22N8O/c1-3-30-23-9-8-22-25(32-23)24(15-4-7-21-19(11-15)17(12-27)14-31-21)26(35)34(33-22)18-5-6-20(28)16(10-18)13-29-2/h4-11,13-14,31H,3,28H2,1-2H3,(H,30,32). The summed E-state index contributed by atoms with van der Waals surface area (Å²) in [6.45, 7) is 2.66. The van der Waals surface area contributed by atoms with Crippen molar-refractivity contribution in [2.24, 2.45) is 4.99 Å². The molecule has 0 atom stereocenters. The van der Waals surface area contributed by atoms with Gasteiger partial charge < -0.3 is 16.0 Å². The number of anilines is 2. The Balaban J connectivity index is 1.84. The lowest BCUT2D eigenvalue weighted by molar-refractivity contribution is 0.832. The number of pyridine rings is 1. The third-order valence-electron chi connectivity index (χ3n) is 5.76. The van der Waals surface area contributed by atoms with Crippen LogP contribution in [0.1, 0.15) is 18.1 Å². The Bertz CT molecular complexity index is 1720. The van der Waals surface area contributed by atoms with E-state index in [0.29, 0.717) is 57.0 Å². The quantitative estimate of drug-likeness (QED) is 0.268. The normalized spacial score (nSPS) is 11.3. The molecule has 2 aromatic carbocycles. The van der Waals surface area contributed by atoms with Gasteiger partial charge in [0, 0.05) is 48.2 Å². The first-order valence-electron chi connectivity index (χ1n) is 11.1. The number of fused-ring (bicyclic) bond motifs is 2. The van der Waals surface area contributed by atoms with Crippen molar-refractivity contribution in [3.63, 3.8) is 0 Å². The third-order valence-corrected chi connectivity index (χ3v) is 5.76. The smallest absolute Gasteiger partial charge is 0.281 e. The van der Waals surface area contributed by atoms with E-state index in [0.717, 1.165) is 10.9 Å². The molecule has 0 aliphatic heterocycles. The van der Waals surface area contributed by atoms with Crippen molar-refractivity contribution in [3.05, 3.63) is 76.2 Å². The van der Waals surface area contributed by atoms with Gasteiger partial charge >= 0.3 is 0 Å². The van der Waals surface area contributed by atoms with E-state index in [4.69, 9.17) is 10.7 Å². The Hall–Kier alpha value is -4.97. The molecule has 5 aromatic rings. The average Bonchev–Trinajstić information content (AvgIpc) is 3.28. The highest BCUT2D eigenvalue weighted by atomic mass is 16.1. The van der Waals surface area contributed by atoms with E-state index in [2.05, 4.69) is 26.5 Å². The number of H-pyrrole nitrogens is 1. The molecule has 9 nitrogen and oxygen atoms in total. The molecule has 35 heavy (non-hydrogen) atoms. The first-order valence-corrected chi connectivity index (χ1v) is 11.1. The van der Waals surface area contributed by atoms with Crippen molar-refractivity contribution < 1.29 is 0 Å². The van der Waals surface area contributed by atoms with Gasteiger partial charge in [0.1, 0.15) is 22.9 Å². The maximum Gasteiger partial charge on any atom is 0.281 e. The number of hydrogen-bond donors (Lipinski definition) is 3. The van der Waals surface area contributed by atoms with Crippen molar-refractivity contribution in [1.29, 1.82) is 5.26 Å². The number of nitriles is 1. The van der Waals surface area contributed by atoms with E-state index in [1.807, 2.05) is 37.3 Å². The molecule has 0 fully saturated rings. The monoisotopic (exact) mass is 462 g/mol. The van der Waals surface area contributed by atoms with E-state index >= 15 is 0 Å². The molecule has 4 N–H and O–H groups in total. The van der Waals surface area contributed by atoms with Gasteiger partial charge in [-0.3, -0.25) is 9.79 Å². The van der Waals surface area contributed by atoms with Crippen LogP contribution >= 0.6 is 0 Å². The van der Waals surface area contributed by atoms with Crippen LogP contribution < -0.4 is 16.6 Å². The van der Waals surface area contributed by atoms with Gasteiger partial charge in [0.2, 0.25) is 0 Å². The van der Waals surface area contributed by atoms with Crippen LogP contribution in [0.25, 0.3) is 38.8 Å². The van der Waals surface area contributed by atoms with E-state index in [-0.39, 0.29) is 5.56 Å². The molecule has 0 saturated heterocycles. The number of rotatable bonds is 5. The number of hydrogen-bond acceptors (Lipinski definition) is 7. The predicted octanol–water partition coefficient (Wildman–Crippen LogP) is 3.86. The zero-order valence-corrected chi connectivity index (χ0v) is 19.2. The number of nitrogens with two attached hydrogens (primary N) is 1. The molecule has 0 radical (unpaired) electrons. The van der Waals surface area contributed by atoms with E-state index in [1.165, 1.54) is 4.68 Å². The van der Waals surface area contributed by atoms with Gasteiger partial charge in [-0.2, -0.15) is 15.0 Å². The fourth-order valence-corrected chi connectivity index (χ4v) is 4.10. The summed E-state index contributed by atoms with van der Waals surface area (Å²) in [6.07, 6.45) is 3.30. The summed E-state index contributed by atoms with van der Waals surface area (Å²) in [4.78, 5) is 25.8. The van der Waals surface area contributed by atoms with Crippen LogP contribution in [0.4, 0.5) is 11.5 Å². The van der Waals surface area contributed by atoms with Gasteiger partial charge in [0.25, 0.3) is 5.56 Å². The molecule has 9 heteroatoms. The largest absolute Gasteiger partial charge is 0.398 e. The summed E-state index contributed by atoms with van der Waals surface area (Å²) in [5.41, 5.74) is 10.9. The Morgan fingerprint density at radius 3 is 2.86 bits per heavy atom. The van der Waals surface area contributed by atoms with Crippen LogP contribution in [0.3, 0.4) is 0 Å². The minimum Gasteiger partial charge on any atom is -0.398 e. The zero-order chi connectivity index (χ0) is 24.5. The summed E-state index contributed by atoms with van der Waals surface area (Å²) < 4.78 is 1.35. The molecular formula is C26H22N8O. The molecule has 3 aromatic heterocycles. The summed E-state index contributed by atoms with van der Waals surface area (Å²) in [6, 6.07) is 16.6. The highest BCUT2D eigenvalue weighted by Crippen LogP contribution is 2.29. The first-order chi connectivity index (χ1) is 17.0. The summed E-state index contributed by atoms with van der Waals surface area (Å²) in [5, 5.41) is 18.1. The molecule has 0 unspecified atom stereocenters. The number of aromatic amines is 1. The Morgan fingerprint density at radius 2 is 2.09 bits per heavy atom. The van der Waals surface area contributed by atoms with Crippen molar-refractivity contribution in [2.75, 3.05) is 24.6 Å². The minimum atomic E-state index is -0.337. The van der Waals surface area contributed by atoms with E-state index in [1.54, 1.807) is 37.7 Å². The molecular weight excluding hydrogens is 440 g/mol. The highest BCUT2D eigenvalue weighted by Gasteiger charge is 2.18. The van der Waals surface area contributed by atoms with E-state index < -0.39 is 0 Å². The van der Waals surface area contributed by atoms with Crippen LogP contribution in [0.2, 0.25) is 0 Å². The maximum absolute atomic E-state index is 13.9. The van der Waals surface area contributed by atoms with Crippen molar-refractivity contribution in [3.8, 4) is 22.9 Å². The maximum atomic E-state index is 13.9. The second-order valence-electron chi connectivity index (χ2n) is 7.96. The Labute approximate surface area is 200 Å². The summed E-state index contributed by atoms with van der Waals surface area (Å²) in [7, 11) is 1.66. The molecule has 0 aliphatic carbocycles. The van der Waals surface area contributed by atoms with Gasteiger partial charge in [-0.05, 0) is 55.0 Å². The molecule has 0 amide bonds. The van der Waals surface area contributed by atoms with Crippen LogP contribution in [-0.2, 0) is 0 Å². The van der Waals surface area contributed by atoms with Gasteiger partial charge in [0.05, 0.1) is 16.8 Å². The van der Waals surface area contributed by atoms with Crippen molar-refractivity contribution in [1.82, 2.24) is 19.7 Å². The first kappa shape index (κ1) is 21.9. The summed E-state index contributed by atoms with van der Waals surface area (Å²) >= 11 is 0.